The lowest BCUT2D eigenvalue weighted by Gasteiger charge is -2.25. The van der Waals surface area contributed by atoms with Crippen molar-refractivity contribution in [2.75, 3.05) is 26.0 Å². The summed E-state index contributed by atoms with van der Waals surface area (Å²) in [6.45, 7) is 2.49. The van der Waals surface area contributed by atoms with Crippen molar-refractivity contribution in [3.63, 3.8) is 0 Å². The summed E-state index contributed by atoms with van der Waals surface area (Å²) < 4.78 is 15.4. The molecule has 0 saturated heterocycles. The predicted molar refractivity (Wildman–Crippen MR) is 95.2 cm³/mol. The van der Waals surface area contributed by atoms with E-state index in [9.17, 15) is 4.39 Å². The number of likely N-dealkylation sites (N-methyl/N-ethyl adjacent to an activating group) is 1. The number of halogens is 1. The van der Waals surface area contributed by atoms with Gasteiger partial charge in [-0.2, -0.15) is 0 Å². The molecule has 0 spiro atoms. The lowest BCUT2D eigenvalue weighted by atomic mass is 10.1. The zero-order valence-electron chi connectivity index (χ0n) is 14.5. The Labute approximate surface area is 146 Å². The van der Waals surface area contributed by atoms with E-state index in [0.717, 1.165) is 11.4 Å². The van der Waals surface area contributed by atoms with Gasteiger partial charge >= 0.3 is 0 Å². The molecular weight excluding hydrogens is 319 g/mol. The molecule has 3 rings (SSSR count). The summed E-state index contributed by atoms with van der Waals surface area (Å²) in [5, 5.41) is 3.29. The topological polar surface area (TPSA) is 58.9 Å². The smallest absolute Gasteiger partial charge is 0.159 e. The molecule has 1 atom stereocenters. The highest BCUT2D eigenvalue weighted by molar-refractivity contribution is 5.37. The van der Waals surface area contributed by atoms with Gasteiger partial charge in [0.05, 0.1) is 18.4 Å². The highest BCUT2D eigenvalue weighted by atomic mass is 19.1. The van der Waals surface area contributed by atoms with E-state index in [4.69, 9.17) is 0 Å². The van der Waals surface area contributed by atoms with E-state index in [1.807, 2.05) is 42.7 Å². The first-order valence-electron chi connectivity index (χ1n) is 8.02. The quantitative estimate of drug-likeness (QED) is 0.748. The highest BCUT2D eigenvalue weighted by Gasteiger charge is 2.15. The number of aromatic nitrogens is 4. The van der Waals surface area contributed by atoms with Crippen molar-refractivity contribution in [2.24, 2.45) is 0 Å². The Morgan fingerprint density at radius 3 is 2.80 bits per heavy atom. The van der Waals surface area contributed by atoms with Crippen LogP contribution in [-0.4, -0.2) is 45.1 Å². The molecular formula is C18H21FN6. The minimum atomic E-state index is -0.235. The SMILES string of the molecule is Cc1nccn1-c1cncc(NCC(c2cccc(F)c2)N(C)C)n1. The third kappa shape index (κ3) is 4.00. The van der Waals surface area contributed by atoms with Crippen LogP contribution in [0.25, 0.3) is 5.82 Å². The van der Waals surface area contributed by atoms with E-state index < -0.39 is 0 Å². The Hall–Kier alpha value is -2.80. The van der Waals surface area contributed by atoms with Crippen LogP contribution in [0.5, 0.6) is 0 Å². The van der Waals surface area contributed by atoms with Gasteiger partial charge in [0.15, 0.2) is 5.82 Å². The fraction of sp³-hybridized carbons (Fsp3) is 0.278. The second-order valence-corrected chi connectivity index (χ2v) is 6.02. The first-order chi connectivity index (χ1) is 12.0. The highest BCUT2D eigenvalue weighted by Crippen LogP contribution is 2.20. The number of aryl methyl sites for hydroxylation is 1. The van der Waals surface area contributed by atoms with Gasteiger partial charge in [-0.25, -0.2) is 14.4 Å². The molecule has 2 aromatic heterocycles. The average Bonchev–Trinajstić information content (AvgIpc) is 3.01. The molecule has 0 aliphatic heterocycles. The number of hydrogen-bond acceptors (Lipinski definition) is 5. The van der Waals surface area contributed by atoms with Crippen LogP contribution in [0.3, 0.4) is 0 Å². The zero-order chi connectivity index (χ0) is 17.8. The van der Waals surface area contributed by atoms with Crippen molar-refractivity contribution in [1.29, 1.82) is 0 Å². The largest absolute Gasteiger partial charge is 0.367 e. The lowest BCUT2D eigenvalue weighted by Crippen LogP contribution is -2.27. The van der Waals surface area contributed by atoms with E-state index in [-0.39, 0.29) is 11.9 Å². The zero-order valence-corrected chi connectivity index (χ0v) is 14.5. The summed E-state index contributed by atoms with van der Waals surface area (Å²) in [4.78, 5) is 15.1. The average molecular weight is 340 g/mol. The van der Waals surface area contributed by atoms with Crippen LogP contribution in [-0.2, 0) is 0 Å². The van der Waals surface area contributed by atoms with Gasteiger partial charge in [-0.3, -0.25) is 9.55 Å². The number of hydrogen-bond donors (Lipinski definition) is 1. The van der Waals surface area contributed by atoms with Crippen LogP contribution in [0.15, 0.2) is 49.1 Å². The van der Waals surface area contributed by atoms with Gasteiger partial charge in [-0.05, 0) is 38.7 Å². The first-order valence-corrected chi connectivity index (χ1v) is 8.02. The van der Waals surface area contributed by atoms with Crippen LogP contribution in [0.4, 0.5) is 10.2 Å². The van der Waals surface area contributed by atoms with Gasteiger partial charge in [-0.15, -0.1) is 0 Å². The Bertz CT molecular complexity index is 845. The summed E-state index contributed by atoms with van der Waals surface area (Å²) >= 11 is 0. The van der Waals surface area contributed by atoms with E-state index in [2.05, 4.69) is 20.3 Å². The predicted octanol–water partition coefficient (Wildman–Crippen LogP) is 2.82. The molecule has 25 heavy (non-hydrogen) atoms. The van der Waals surface area contributed by atoms with Crippen molar-refractivity contribution < 1.29 is 4.39 Å². The number of anilines is 1. The summed E-state index contributed by atoms with van der Waals surface area (Å²) in [5.74, 6) is 1.97. The Balaban J connectivity index is 1.77. The van der Waals surface area contributed by atoms with Crippen LogP contribution < -0.4 is 5.32 Å². The molecule has 0 saturated carbocycles. The minimum Gasteiger partial charge on any atom is -0.367 e. The van der Waals surface area contributed by atoms with Gasteiger partial charge < -0.3 is 10.2 Å². The Kier molecular flexibility index (Phi) is 5.04. The van der Waals surface area contributed by atoms with Crippen LogP contribution >= 0.6 is 0 Å². The van der Waals surface area contributed by atoms with Gasteiger partial charge in [0.25, 0.3) is 0 Å². The van der Waals surface area contributed by atoms with Gasteiger partial charge in [0.1, 0.15) is 17.5 Å². The van der Waals surface area contributed by atoms with Gasteiger partial charge in [0.2, 0.25) is 0 Å². The molecule has 0 fully saturated rings. The van der Waals surface area contributed by atoms with E-state index >= 15 is 0 Å². The molecule has 3 aromatic rings. The van der Waals surface area contributed by atoms with Crippen LogP contribution in [0.1, 0.15) is 17.4 Å². The molecule has 0 radical (unpaired) electrons. The minimum absolute atomic E-state index is 0.0103. The third-order valence-electron chi connectivity index (χ3n) is 4.03. The van der Waals surface area contributed by atoms with E-state index in [0.29, 0.717) is 18.2 Å². The van der Waals surface area contributed by atoms with Crippen LogP contribution in [0, 0.1) is 12.7 Å². The molecule has 0 aliphatic carbocycles. The molecule has 1 unspecified atom stereocenters. The molecule has 2 heterocycles. The van der Waals surface area contributed by atoms with E-state index in [1.165, 1.54) is 6.07 Å². The van der Waals surface area contributed by atoms with Gasteiger partial charge in [0, 0.05) is 18.9 Å². The third-order valence-corrected chi connectivity index (χ3v) is 4.03. The molecule has 1 N–H and O–H groups in total. The van der Waals surface area contributed by atoms with Crippen molar-refractivity contribution in [2.45, 2.75) is 13.0 Å². The summed E-state index contributed by atoms with van der Waals surface area (Å²) in [5.41, 5.74) is 0.909. The van der Waals surface area contributed by atoms with Crippen molar-refractivity contribution in [1.82, 2.24) is 24.4 Å². The maximum Gasteiger partial charge on any atom is 0.159 e. The molecule has 7 heteroatoms. The molecule has 0 aliphatic rings. The van der Waals surface area contributed by atoms with Crippen molar-refractivity contribution >= 4 is 5.82 Å². The standard InChI is InChI=1S/C18H21FN6/c1-13-21-7-8-25(13)18-12-20-11-17(23-18)22-10-16(24(2)3)14-5-4-6-15(19)9-14/h4-9,11-12,16H,10H2,1-3H3,(H,22,23). The second kappa shape index (κ2) is 7.40. The molecule has 6 nitrogen and oxygen atoms in total. The summed E-state index contributed by atoms with van der Waals surface area (Å²) in [6, 6.07) is 6.67. The molecule has 0 amide bonds. The lowest BCUT2D eigenvalue weighted by molar-refractivity contribution is 0.311. The van der Waals surface area contributed by atoms with Gasteiger partial charge in [-0.1, -0.05) is 12.1 Å². The number of rotatable bonds is 6. The van der Waals surface area contributed by atoms with E-state index in [1.54, 1.807) is 30.7 Å². The number of nitrogens with one attached hydrogen (secondary N) is 1. The maximum atomic E-state index is 13.5. The maximum absolute atomic E-state index is 13.5. The molecule has 130 valence electrons. The number of benzene rings is 1. The first kappa shape index (κ1) is 17.0. The number of imidazole rings is 1. The second-order valence-electron chi connectivity index (χ2n) is 6.02. The molecule has 0 bridgehead atoms. The van der Waals surface area contributed by atoms with Crippen LogP contribution in [0.2, 0.25) is 0 Å². The number of nitrogens with zero attached hydrogens (tertiary/aromatic N) is 5. The fourth-order valence-corrected chi connectivity index (χ4v) is 2.69. The monoisotopic (exact) mass is 340 g/mol. The summed E-state index contributed by atoms with van der Waals surface area (Å²) in [6.07, 6.45) is 6.94. The fourth-order valence-electron chi connectivity index (χ4n) is 2.69. The van der Waals surface area contributed by atoms with Crippen molar-refractivity contribution in [3.8, 4) is 5.82 Å². The summed E-state index contributed by atoms with van der Waals surface area (Å²) in [7, 11) is 3.93. The molecule has 1 aromatic carbocycles. The normalized spacial score (nSPS) is 12.4. The Morgan fingerprint density at radius 2 is 2.12 bits per heavy atom. The Morgan fingerprint density at radius 1 is 1.28 bits per heavy atom. The van der Waals surface area contributed by atoms with Crippen molar-refractivity contribution in [3.05, 3.63) is 66.3 Å².